The Balaban J connectivity index is 4.90. The molecule has 0 saturated heterocycles. The van der Waals surface area contributed by atoms with Crippen molar-refractivity contribution in [3.8, 4) is 0 Å². The average molecular weight is 287 g/mol. The highest BCUT2D eigenvalue weighted by Crippen LogP contribution is 2.08. The predicted molar refractivity (Wildman–Crippen MR) is 79.8 cm³/mol. The summed E-state index contributed by atoms with van der Waals surface area (Å²) in [6.07, 6.45) is 0. The number of carboxylic acids is 1. The largest absolute Gasteiger partial charge is 0.480 e. The van der Waals surface area contributed by atoms with Crippen molar-refractivity contribution in [1.29, 1.82) is 0 Å². The van der Waals surface area contributed by atoms with E-state index in [1.54, 1.807) is 4.90 Å². The van der Waals surface area contributed by atoms with Crippen LogP contribution < -0.4 is 0 Å². The van der Waals surface area contributed by atoms with E-state index < -0.39 is 5.97 Å². The van der Waals surface area contributed by atoms with Crippen molar-refractivity contribution < 1.29 is 14.7 Å². The van der Waals surface area contributed by atoms with E-state index >= 15 is 0 Å². The van der Waals surface area contributed by atoms with Gasteiger partial charge in [0.1, 0.15) is 6.54 Å². The van der Waals surface area contributed by atoms with Gasteiger partial charge in [-0.2, -0.15) is 0 Å². The quantitative estimate of drug-likeness (QED) is 0.733. The predicted octanol–water partition coefficient (Wildman–Crippen LogP) is 1.42. The Morgan fingerprint density at radius 1 is 1.05 bits per heavy atom. The standard InChI is InChI=1S/C14H29N3O3/c1-11(2)9-16(8-7-15(5)6)14(20)17(12(3)4)10-13(18)19/h11-12H,7-10H2,1-6H3,(H,18,19). The Morgan fingerprint density at radius 3 is 1.95 bits per heavy atom. The van der Waals surface area contributed by atoms with Gasteiger partial charge in [0, 0.05) is 25.7 Å². The van der Waals surface area contributed by atoms with E-state index in [0.29, 0.717) is 19.0 Å². The van der Waals surface area contributed by atoms with Gasteiger partial charge in [-0.1, -0.05) is 13.8 Å². The van der Waals surface area contributed by atoms with Crippen molar-refractivity contribution in [2.45, 2.75) is 33.7 Å². The molecular weight excluding hydrogens is 258 g/mol. The van der Waals surface area contributed by atoms with Crippen LogP contribution in [0.4, 0.5) is 4.79 Å². The topological polar surface area (TPSA) is 64.1 Å². The van der Waals surface area contributed by atoms with Crippen LogP contribution in [0.25, 0.3) is 0 Å². The first-order chi connectivity index (χ1) is 9.15. The van der Waals surface area contributed by atoms with Gasteiger partial charge in [0.15, 0.2) is 0 Å². The number of urea groups is 1. The molecule has 0 aliphatic rings. The minimum atomic E-state index is -0.982. The van der Waals surface area contributed by atoms with Gasteiger partial charge in [0.2, 0.25) is 0 Å². The summed E-state index contributed by atoms with van der Waals surface area (Å²) >= 11 is 0. The van der Waals surface area contributed by atoms with E-state index in [4.69, 9.17) is 5.11 Å². The average Bonchev–Trinajstić information content (AvgIpc) is 2.29. The summed E-state index contributed by atoms with van der Waals surface area (Å²) in [4.78, 5) is 28.6. The summed E-state index contributed by atoms with van der Waals surface area (Å²) in [6.45, 7) is 9.51. The monoisotopic (exact) mass is 287 g/mol. The second kappa shape index (κ2) is 8.79. The summed E-state index contributed by atoms with van der Waals surface area (Å²) in [5.74, 6) is -0.635. The van der Waals surface area contributed by atoms with Crippen LogP contribution in [-0.4, -0.2) is 78.1 Å². The van der Waals surface area contributed by atoms with Gasteiger partial charge in [-0.25, -0.2) is 4.79 Å². The first kappa shape index (κ1) is 18.7. The molecule has 0 aromatic carbocycles. The molecule has 1 N–H and O–H groups in total. The van der Waals surface area contributed by atoms with Gasteiger partial charge in [0.05, 0.1) is 0 Å². The van der Waals surface area contributed by atoms with E-state index in [2.05, 4.69) is 0 Å². The Labute approximate surface area is 122 Å². The normalized spacial score (nSPS) is 11.2. The van der Waals surface area contributed by atoms with Gasteiger partial charge in [-0.3, -0.25) is 4.79 Å². The summed E-state index contributed by atoms with van der Waals surface area (Å²) < 4.78 is 0. The number of hydrogen-bond donors (Lipinski definition) is 1. The van der Waals surface area contributed by atoms with Crippen LogP contribution in [-0.2, 0) is 4.79 Å². The smallest absolute Gasteiger partial charge is 0.323 e. The molecule has 20 heavy (non-hydrogen) atoms. The molecule has 0 heterocycles. The van der Waals surface area contributed by atoms with Crippen molar-refractivity contribution in [3.05, 3.63) is 0 Å². The van der Waals surface area contributed by atoms with Gasteiger partial charge >= 0.3 is 12.0 Å². The summed E-state index contributed by atoms with van der Waals surface area (Å²) in [5, 5.41) is 8.94. The van der Waals surface area contributed by atoms with Crippen LogP contribution in [0.3, 0.4) is 0 Å². The van der Waals surface area contributed by atoms with Crippen LogP contribution in [0.2, 0.25) is 0 Å². The highest BCUT2D eigenvalue weighted by molar-refractivity contribution is 5.80. The SMILES string of the molecule is CC(C)CN(CCN(C)C)C(=O)N(CC(=O)O)C(C)C. The van der Waals surface area contributed by atoms with Crippen LogP contribution in [0.15, 0.2) is 0 Å². The molecule has 0 saturated carbocycles. The molecule has 0 rings (SSSR count). The molecule has 118 valence electrons. The zero-order valence-corrected chi connectivity index (χ0v) is 13.6. The molecule has 0 spiro atoms. The van der Waals surface area contributed by atoms with Crippen molar-refractivity contribution in [2.75, 3.05) is 40.3 Å². The second-order valence-corrected chi connectivity index (χ2v) is 6.04. The van der Waals surface area contributed by atoms with Gasteiger partial charge < -0.3 is 19.8 Å². The first-order valence-electron chi connectivity index (χ1n) is 7.07. The lowest BCUT2D eigenvalue weighted by Crippen LogP contribution is -2.50. The number of amides is 2. The Morgan fingerprint density at radius 2 is 1.60 bits per heavy atom. The molecule has 0 radical (unpaired) electrons. The Bertz CT molecular complexity index is 317. The number of carbonyl (C=O) groups is 2. The molecule has 6 heteroatoms. The highest BCUT2D eigenvalue weighted by Gasteiger charge is 2.25. The molecule has 6 nitrogen and oxygen atoms in total. The highest BCUT2D eigenvalue weighted by atomic mass is 16.4. The number of likely N-dealkylation sites (N-methyl/N-ethyl adjacent to an activating group) is 1. The van der Waals surface area contributed by atoms with Crippen molar-refractivity contribution in [3.63, 3.8) is 0 Å². The zero-order chi connectivity index (χ0) is 15.9. The van der Waals surface area contributed by atoms with E-state index in [1.807, 2.05) is 46.7 Å². The maximum atomic E-state index is 12.5. The molecule has 0 aromatic rings. The summed E-state index contributed by atoms with van der Waals surface area (Å²) in [5.41, 5.74) is 0. The number of carboxylic acid groups (broad SMARTS) is 1. The molecule has 0 atom stereocenters. The van der Waals surface area contributed by atoms with E-state index in [9.17, 15) is 9.59 Å². The molecule has 2 amide bonds. The lowest BCUT2D eigenvalue weighted by molar-refractivity contribution is -0.138. The van der Waals surface area contributed by atoms with Crippen molar-refractivity contribution >= 4 is 12.0 Å². The maximum absolute atomic E-state index is 12.5. The zero-order valence-electron chi connectivity index (χ0n) is 13.6. The third-order valence-electron chi connectivity index (χ3n) is 2.85. The van der Waals surface area contributed by atoms with E-state index in [1.165, 1.54) is 4.90 Å². The lowest BCUT2D eigenvalue weighted by atomic mass is 10.2. The van der Waals surface area contributed by atoms with Crippen molar-refractivity contribution in [1.82, 2.24) is 14.7 Å². The lowest BCUT2D eigenvalue weighted by Gasteiger charge is -2.33. The summed E-state index contributed by atoms with van der Waals surface area (Å²) in [6, 6.07) is -0.328. The number of hydrogen-bond acceptors (Lipinski definition) is 3. The second-order valence-electron chi connectivity index (χ2n) is 6.04. The number of aliphatic carboxylic acids is 1. The van der Waals surface area contributed by atoms with Gasteiger partial charge in [-0.05, 0) is 33.9 Å². The van der Waals surface area contributed by atoms with Gasteiger partial charge in [0.25, 0.3) is 0 Å². The summed E-state index contributed by atoms with van der Waals surface area (Å²) in [7, 11) is 3.91. The maximum Gasteiger partial charge on any atom is 0.323 e. The van der Waals surface area contributed by atoms with Crippen LogP contribution >= 0.6 is 0 Å². The molecule has 0 fully saturated rings. The fourth-order valence-electron chi connectivity index (χ4n) is 1.82. The molecule has 0 aliphatic heterocycles. The number of rotatable bonds is 8. The Kier molecular flexibility index (Phi) is 8.22. The molecular formula is C14H29N3O3. The fourth-order valence-corrected chi connectivity index (χ4v) is 1.82. The number of carbonyl (C=O) groups excluding carboxylic acids is 1. The van der Waals surface area contributed by atoms with Crippen molar-refractivity contribution in [2.24, 2.45) is 5.92 Å². The third-order valence-corrected chi connectivity index (χ3v) is 2.85. The molecule has 0 unspecified atom stereocenters. The minimum Gasteiger partial charge on any atom is -0.480 e. The van der Waals surface area contributed by atoms with Crippen LogP contribution in [0, 0.1) is 5.92 Å². The third kappa shape index (κ3) is 7.33. The minimum absolute atomic E-state index is 0.132. The fraction of sp³-hybridized carbons (Fsp3) is 0.857. The first-order valence-corrected chi connectivity index (χ1v) is 7.07. The van der Waals surface area contributed by atoms with Crippen LogP contribution in [0.1, 0.15) is 27.7 Å². The number of nitrogens with zero attached hydrogens (tertiary/aromatic N) is 3. The molecule has 0 aromatic heterocycles. The van der Waals surface area contributed by atoms with Gasteiger partial charge in [-0.15, -0.1) is 0 Å². The Hall–Kier alpha value is -1.30. The van der Waals surface area contributed by atoms with Crippen LogP contribution in [0.5, 0.6) is 0 Å². The molecule has 0 aliphatic carbocycles. The van der Waals surface area contributed by atoms with E-state index in [0.717, 1.165) is 6.54 Å². The van der Waals surface area contributed by atoms with E-state index in [-0.39, 0.29) is 18.6 Å². The molecule has 0 bridgehead atoms.